The Labute approximate surface area is 155 Å². The van der Waals surface area contributed by atoms with Gasteiger partial charge in [0.05, 0.1) is 30.0 Å². The van der Waals surface area contributed by atoms with Gasteiger partial charge in [0.25, 0.3) is 0 Å². The second-order valence-corrected chi connectivity index (χ2v) is 6.27. The summed E-state index contributed by atoms with van der Waals surface area (Å²) in [5.74, 6) is -1.21. The van der Waals surface area contributed by atoms with Gasteiger partial charge in [-0.1, -0.05) is 6.07 Å². The van der Waals surface area contributed by atoms with Crippen molar-refractivity contribution in [2.45, 2.75) is 19.7 Å². The van der Waals surface area contributed by atoms with Crippen LogP contribution in [0, 0.1) is 0 Å². The highest BCUT2D eigenvalue weighted by Crippen LogP contribution is 2.34. The van der Waals surface area contributed by atoms with Gasteiger partial charge in [0.1, 0.15) is 5.56 Å². The number of ether oxygens (including phenoxy) is 1. The van der Waals surface area contributed by atoms with E-state index in [2.05, 4.69) is 14.8 Å². The second kappa shape index (κ2) is 7.49. The molecule has 0 unspecified atom stereocenters. The van der Waals surface area contributed by atoms with Crippen LogP contribution in [0.3, 0.4) is 0 Å². The number of halogens is 3. The summed E-state index contributed by atoms with van der Waals surface area (Å²) in [4.78, 5) is 16.8. The van der Waals surface area contributed by atoms with Gasteiger partial charge in [0.2, 0.25) is 0 Å². The van der Waals surface area contributed by atoms with Crippen LogP contribution < -0.4 is 0 Å². The van der Waals surface area contributed by atoms with Crippen molar-refractivity contribution in [3.05, 3.63) is 52.7 Å². The van der Waals surface area contributed by atoms with Crippen LogP contribution in [0.2, 0.25) is 0 Å². The van der Waals surface area contributed by atoms with E-state index in [1.165, 1.54) is 30.4 Å². The van der Waals surface area contributed by atoms with Crippen LogP contribution in [0.5, 0.6) is 0 Å². The minimum Gasteiger partial charge on any atom is -0.462 e. The van der Waals surface area contributed by atoms with E-state index in [9.17, 15) is 23.1 Å². The Balaban J connectivity index is 2.12. The average molecular weight is 397 g/mol. The molecule has 0 saturated heterocycles. The minimum absolute atomic E-state index is 0.0582. The van der Waals surface area contributed by atoms with E-state index in [0.29, 0.717) is 20.8 Å². The standard InChI is InChI=1S/C17H14F3N3O3S/c1-2-26-16(25)11-8-21-23(15(11)17(18,19)20)13-5-3-4-12(22-13)14-10(9-24)6-7-27-14/h3-8,24H,2,9H2,1H3. The number of pyridine rings is 1. The van der Waals surface area contributed by atoms with Crippen molar-refractivity contribution in [1.82, 2.24) is 14.8 Å². The molecule has 0 atom stereocenters. The lowest BCUT2D eigenvalue weighted by Crippen LogP contribution is -2.19. The van der Waals surface area contributed by atoms with Gasteiger partial charge in [0.15, 0.2) is 11.5 Å². The summed E-state index contributed by atoms with van der Waals surface area (Å²) in [6, 6.07) is 6.22. The summed E-state index contributed by atoms with van der Waals surface area (Å²) >= 11 is 1.31. The van der Waals surface area contributed by atoms with E-state index < -0.39 is 23.4 Å². The van der Waals surface area contributed by atoms with Crippen LogP contribution in [-0.4, -0.2) is 32.4 Å². The van der Waals surface area contributed by atoms with Crippen LogP contribution in [0.15, 0.2) is 35.8 Å². The Morgan fingerprint density at radius 2 is 2.11 bits per heavy atom. The lowest BCUT2D eigenvalue weighted by molar-refractivity contribution is -0.143. The maximum Gasteiger partial charge on any atom is 0.434 e. The van der Waals surface area contributed by atoms with Crippen molar-refractivity contribution in [3.8, 4) is 16.4 Å². The number of nitrogens with zero attached hydrogens (tertiary/aromatic N) is 3. The number of aliphatic hydroxyl groups excluding tert-OH is 1. The van der Waals surface area contributed by atoms with Gasteiger partial charge in [0, 0.05) is 0 Å². The third-order valence-corrected chi connectivity index (χ3v) is 4.61. The molecule has 0 aliphatic heterocycles. The highest BCUT2D eigenvalue weighted by atomic mass is 32.1. The van der Waals surface area contributed by atoms with Crippen LogP contribution in [0.25, 0.3) is 16.4 Å². The smallest absolute Gasteiger partial charge is 0.434 e. The van der Waals surface area contributed by atoms with Gasteiger partial charge >= 0.3 is 12.1 Å². The fourth-order valence-electron chi connectivity index (χ4n) is 2.51. The molecule has 27 heavy (non-hydrogen) atoms. The van der Waals surface area contributed by atoms with Crippen molar-refractivity contribution in [1.29, 1.82) is 0 Å². The number of carbonyl (C=O) groups is 1. The number of aromatic nitrogens is 3. The molecule has 10 heteroatoms. The van der Waals surface area contributed by atoms with Crippen LogP contribution in [0.1, 0.15) is 28.5 Å². The molecule has 0 spiro atoms. The first-order valence-electron chi connectivity index (χ1n) is 7.84. The molecule has 0 saturated carbocycles. The summed E-state index contributed by atoms with van der Waals surface area (Å²) in [6.07, 6.45) is -4.02. The largest absolute Gasteiger partial charge is 0.462 e. The summed E-state index contributed by atoms with van der Waals surface area (Å²) in [6.45, 7) is 1.23. The van der Waals surface area contributed by atoms with Crippen molar-refractivity contribution >= 4 is 17.3 Å². The Morgan fingerprint density at radius 1 is 1.33 bits per heavy atom. The molecule has 3 aromatic rings. The van der Waals surface area contributed by atoms with Gasteiger partial charge in [-0.25, -0.2) is 14.5 Å². The van der Waals surface area contributed by atoms with Gasteiger partial charge in [-0.15, -0.1) is 11.3 Å². The molecule has 142 valence electrons. The zero-order chi connectivity index (χ0) is 19.6. The molecule has 0 radical (unpaired) electrons. The minimum atomic E-state index is -4.84. The zero-order valence-electron chi connectivity index (χ0n) is 14.0. The molecule has 0 aliphatic rings. The molecular weight excluding hydrogens is 383 g/mol. The topological polar surface area (TPSA) is 77.2 Å². The molecule has 0 aromatic carbocycles. The van der Waals surface area contributed by atoms with Crippen LogP contribution in [-0.2, 0) is 17.5 Å². The SMILES string of the molecule is CCOC(=O)c1cnn(-c2cccc(-c3sccc3CO)n2)c1C(F)(F)F. The van der Waals surface area contributed by atoms with E-state index >= 15 is 0 Å². The average Bonchev–Trinajstić information content (AvgIpc) is 3.28. The number of alkyl halides is 3. The Morgan fingerprint density at radius 3 is 2.78 bits per heavy atom. The Bertz CT molecular complexity index is 966. The molecule has 3 rings (SSSR count). The molecule has 0 fully saturated rings. The fraction of sp³-hybridized carbons (Fsp3) is 0.235. The van der Waals surface area contributed by atoms with Gasteiger partial charge in [-0.05, 0) is 36.1 Å². The van der Waals surface area contributed by atoms with Crippen molar-refractivity contribution in [3.63, 3.8) is 0 Å². The predicted molar refractivity (Wildman–Crippen MR) is 91.6 cm³/mol. The van der Waals surface area contributed by atoms with E-state index in [-0.39, 0.29) is 19.0 Å². The van der Waals surface area contributed by atoms with Crippen LogP contribution in [0.4, 0.5) is 13.2 Å². The van der Waals surface area contributed by atoms with Crippen molar-refractivity contribution < 1.29 is 27.8 Å². The third-order valence-electron chi connectivity index (χ3n) is 3.63. The molecular formula is C17H14F3N3O3S. The van der Waals surface area contributed by atoms with E-state index in [0.717, 1.165) is 6.20 Å². The highest BCUT2D eigenvalue weighted by Gasteiger charge is 2.41. The fourth-order valence-corrected chi connectivity index (χ4v) is 3.39. The third kappa shape index (κ3) is 3.71. The number of esters is 1. The van der Waals surface area contributed by atoms with E-state index in [1.54, 1.807) is 17.5 Å². The number of carbonyl (C=O) groups excluding carboxylic acids is 1. The number of aliphatic hydroxyl groups is 1. The molecule has 0 bridgehead atoms. The first-order valence-corrected chi connectivity index (χ1v) is 8.72. The maximum absolute atomic E-state index is 13.6. The zero-order valence-corrected chi connectivity index (χ0v) is 14.8. The molecule has 0 aliphatic carbocycles. The Hall–Kier alpha value is -2.72. The molecule has 3 aromatic heterocycles. The first kappa shape index (κ1) is 19.1. The molecule has 1 N–H and O–H groups in total. The lowest BCUT2D eigenvalue weighted by Gasteiger charge is -2.12. The monoisotopic (exact) mass is 397 g/mol. The van der Waals surface area contributed by atoms with Crippen LogP contribution >= 0.6 is 11.3 Å². The number of thiophene rings is 1. The number of hydrogen-bond acceptors (Lipinski definition) is 6. The number of rotatable bonds is 5. The summed E-state index contributed by atoms with van der Waals surface area (Å²) in [5, 5.41) is 14.8. The second-order valence-electron chi connectivity index (χ2n) is 5.35. The summed E-state index contributed by atoms with van der Waals surface area (Å²) < 4.78 is 46.0. The summed E-state index contributed by atoms with van der Waals surface area (Å²) in [5.41, 5.74) is -0.913. The molecule has 6 nitrogen and oxygen atoms in total. The van der Waals surface area contributed by atoms with Gasteiger partial charge in [-0.2, -0.15) is 18.3 Å². The molecule has 0 amide bonds. The maximum atomic E-state index is 13.6. The van der Waals surface area contributed by atoms with E-state index in [1.807, 2.05) is 0 Å². The first-order chi connectivity index (χ1) is 12.9. The van der Waals surface area contributed by atoms with E-state index in [4.69, 9.17) is 0 Å². The Kier molecular flexibility index (Phi) is 5.29. The van der Waals surface area contributed by atoms with Gasteiger partial charge in [-0.3, -0.25) is 0 Å². The normalized spacial score (nSPS) is 11.6. The summed E-state index contributed by atoms with van der Waals surface area (Å²) in [7, 11) is 0. The predicted octanol–water partition coefficient (Wildman–Crippen LogP) is 3.68. The molecule has 3 heterocycles. The lowest BCUT2D eigenvalue weighted by atomic mass is 10.2. The number of hydrogen-bond donors (Lipinski definition) is 1. The quantitative estimate of drug-likeness (QED) is 0.665. The van der Waals surface area contributed by atoms with Gasteiger partial charge < -0.3 is 9.84 Å². The highest BCUT2D eigenvalue weighted by molar-refractivity contribution is 7.13. The van der Waals surface area contributed by atoms with Crippen molar-refractivity contribution in [2.75, 3.05) is 6.61 Å². The van der Waals surface area contributed by atoms with Crippen molar-refractivity contribution in [2.24, 2.45) is 0 Å².